The van der Waals surface area contributed by atoms with Gasteiger partial charge >= 0.3 is 15.2 Å². The molecule has 0 saturated carbocycles. The maximum absolute atomic E-state index is 13.9. The fourth-order valence-corrected chi connectivity index (χ4v) is 9.10. The molecule has 0 aromatic carbocycles. The van der Waals surface area contributed by atoms with Crippen molar-refractivity contribution in [2.24, 2.45) is 0 Å². The first-order valence-electron chi connectivity index (χ1n) is 9.06. The summed E-state index contributed by atoms with van der Waals surface area (Å²) >= 11 is 0. The third-order valence-corrected chi connectivity index (χ3v) is 10.3. The summed E-state index contributed by atoms with van der Waals surface area (Å²) in [5.74, 6) is 0. The van der Waals surface area contributed by atoms with Crippen molar-refractivity contribution in [3.8, 4) is 0 Å². The molecule has 1 saturated heterocycles. The summed E-state index contributed by atoms with van der Waals surface area (Å²) in [6.45, 7) is 14.7. The van der Waals surface area contributed by atoms with Gasteiger partial charge in [-0.05, 0) is 74.8 Å². The van der Waals surface area contributed by atoms with Gasteiger partial charge < -0.3 is 18.1 Å². The van der Waals surface area contributed by atoms with Gasteiger partial charge in [0.25, 0.3) is 0 Å². The molecule has 0 aliphatic carbocycles. The van der Waals surface area contributed by atoms with E-state index >= 15 is 0 Å². The second kappa shape index (κ2) is 8.97. The zero-order chi connectivity index (χ0) is 19.5. The Morgan fingerprint density at radius 1 is 0.720 bits per heavy atom. The molecule has 7 nitrogen and oxygen atoms in total. The molecule has 0 spiro atoms. The molecule has 150 valence electrons. The molecule has 0 aromatic rings. The van der Waals surface area contributed by atoms with Crippen molar-refractivity contribution >= 4 is 15.2 Å². The molecule has 1 rings (SSSR count). The molecule has 0 bridgehead atoms. The van der Waals surface area contributed by atoms with E-state index in [0.29, 0.717) is 19.4 Å². The Morgan fingerprint density at radius 2 is 1.04 bits per heavy atom. The van der Waals surface area contributed by atoms with Crippen LogP contribution in [-0.2, 0) is 27.2 Å². The molecule has 1 fully saturated rings. The van der Waals surface area contributed by atoms with Crippen LogP contribution in [0.4, 0.5) is 0 Å². The lowest BCUT2D eigenvalue weighted by molar-refractivity contribution is 0.106. The van der Waals surface area contributed by atoms with E-state index in [-0.39, 0.29) is 24.4 Å². The zero-order valence-electron chi connectivity index (χ0n) is 16.8. The average molecular weight is 399 g/mol. The van der Waals surface area contributed by atoms with Gasteiger partial charge in [0.1, 0.15) is 0 Å². The monoisotopic (exact) mass is 399 g/mol. The van der Waals surface area contributed by atoms with E-state index in [4.69, 9.17) is 18.1 Å². The van der Waals surface area contributed by atoms with Gasteiger partial charge in [0, 0.05) is 0 Å². The fourth-order valence-electron chi connectivity index (χ4n) is 2.84. The van der Waals surface area contributed by atoms with Crippen LogP contribution in [0.5, 0.6) is 0 Å². The van der Waals surface area contributed by atoms with Crippen molar-refractivity contribution in [1.29, 1.82) is 0 Å². The van der Waals surface area contributed by atoms with Crippen molar-refractivity contribution in [1.82, 2.24) is 5.32 Å². The van der Waals surface area contributed by atoms with E-state index in [0.717, 1.165) is 0 Å². The maximum atomic E-state index is 13.9. The molecule has 1 aliphatic rings. The van der Waals surface area contributed by atoms with Crippen molar-refractivity contribution in [2.45, 2.75) is 97.7 Å². The van der Waals surface area contributed by atoms with E-state index in [1.54, 1.807) is 55.4 Å². The van der Waals surface area contributed by atoms with Gasteiger partial charge in [-0.15, -0.1) is 0 Å². The molecule has 1 aliphatic heterocycles. The molecule has 9 heteroatoms. The van der Waals surface area contributed by atoms with E-state index in [1.807, 2.05) is 0 Å². The number of rotatable bonds is 10. The van der Waals surface area contributed by atoms with Gasteiger partial charge in [0.05, 0.1) is 24.4 Å². The summed E-state index contributed by atoms with van der Waals surface area (Å²) in [6, 6.07) is 0. The van der Waals surface area contributed by atoms with Crippen molar-refractivity contribution < 1.29 is 27.2 Å². The summed E-state index contributed by atoms with van der Waals surface area (Å²) < 4.78 is 51.0. The third kappa shape index (κ3) is 5.38. The summed E-state index contributed by atoms with van der Waals surface area (Å²) in [6.07, 6.45) is -0.447. The van der Waals surface area contributed by atoms with Crippen LogP contribution in [0.2, 0.25) is 0 Å². The highest BCUT2D eigenvalue weighted by Crippen LogP contribution is 2.80. The predicted octanol–water partition coefficient (Wildman–Crippen LogP) is 5.11. The number of nitrogens with one attached hydrogen (secondary N) is 1. The first-order chi connectivity index (χ1) is 11.4. The Labute approximate surface area is 152 Å². The van der Waals surface area contributed by atoms with Crippen LogP contribution in [-0.4, -0.2) is 36.0 Å². The van der Waals surface area contributed by atoms with E-state index < -0.39 is 20.2 Å². The molecule has 25 heavy (non-hydrogen) atoms. The van der Waals surface area contributed by atoms with Gasteiger partial charge in [-0.3, -0.25) is 14.4 Å². The first-order valence-corrected chi connectivity index (χ1v) is 12.1. The standard InChI is InChI=1S/C16H35NO6P2/c1-12(2)20-24(18,21-13(3)4)16(10-9-11-17-16)25(19,22-14(5)6)23-15(7)8/h12-15,17H,9-11H2,1-8H3. The SMILES string of the molecule is CC(C)OP(=O)(OC(C)C)C1(P(=O)(OC(C)C)OC(C)C)CCCN1. The Morgan fingerprint density at radius 3 is 1.24 bits per heavy atom. The lowest BCUT2D eigenvalue weighted by Gasteiger charge is -2.42. The van der Waals surface area contributed by atoms with Crippen LogP contribution in [0.3, 0.4) is 0 Å². The summed E-state index contributed by atoms with van der Waals surface area (Å²) in [7, 11) is -7.74. The second-order valence-corrected chi connectivity index (χ2v) is 12.2. The molecule has 0 amide bonds. The fraction of sp³-hybridized carbons (Fsp3) is 1.00. The minimum absolute atomic E-state index is 0.334. The zero-order valence-corrected chi connectivity index (χ0v) is 18.6. The molecular formula is C16H35NO6P2. The van der Waals surface area contributed by atoms with Crippen LogP contribution >= 0.6 is 15.2 Å². The maximum Gasteiger partial charge on any atom is 0.363 e. The van der Waals surface area contributed by atoms with E-state index in [1.165, 1.54) is 0 Å². The van der Waals surface area contributed by atoms with Crippen molar-refractivity contribution in [2.75, 3.05) is 6.54 Å². The Hall–Kier alpha value is 0.260. The Bertz CT molecular complexity index is 447. The van der Waals surface area contributed by atoms with Crippen LogP contribution in [0, 0.1) is 0 Å². The van der Waals surface area contributed by atoms with Gasteiger partial charge in [-0.25, -0.2) is 0 Å². The average Bonchev–Trinajstić information content (AvgIpc) is 2.85. The van der Waals surface area contributed by atoms with Gasteiger partial charge in [0.2, 0.25) is 5.02 Å². The topological polar surface area (TPSA) is 83.1 Å². The highest BCUT2D eigenvalue weighted by Gasteiger charge is 2.67. The lowest BCUT2D eigenvalue weighted by atomic mass is 10.4. The number of hydrogen-bond acceptors (Lipinski definition) is 7. The molecule has 0 radical (unpaired) electrons. The van der Waals surface area contributed by atoms with Crippen molar-refractivity contribution in [3.05, 3.63) is 0 Å². The second-order valence-electron chi connectivity index (χ2n) is 7.46. The Kier molecular flexibility index (Phi) is 8.36. The van der Waals surface area contributed by atoms with Gasteiger partial charge in [-0.2, -0.15) is 0 Å². The molecule has 0 aromatic heterocycles. The quantitative estimate of drug-likeness (QED) is 0.511. The van der Waals surface area contributed by atoms with Gasteiger partial charge in [-0.1, -0.05) is 0 Å². The van der Waals surface area contributed by atoms with E-state index in [9.17, 15) is 9.13 Å². The normalized spacial score (nSPS) is 18.9. The first kappa shape index (κ1) is 23.3. The minimum Gasteiger partial charge on any atom is -0.304 e. The van der Waals surface area contributed by atoms with Gasteiger partial charge in [0.15, 0.2) is 0 Å². The smallest absolute Gasteiger partial charge is 0.304 e. The van der Waals surface area contributed by atoms with Crippen LogP contribution in [0.15, 0.2) is 0 Å². The molecule has 0 atom stereocenters. The summed E-state index contributed by atoms with van der Waals surface area (Å²) in [4.78, 5) is 0. The van der Waals surface area contributed by atoms with Crippen LogP contribution < -0.4 is 5.32 Å². The summed E-state index contributed by atoms with van der Waals surface area (Å²) in [5.41, 5.74) is 0. The third-order valence-electron chi connectivity index (χ3n) is 3.41. The highest BCUT2D eigenvalue weighted by molar-refractivity contribution is 7.74. The Balaban J connectivity index is 3.52. The highest BCUT2D eigenvalue weighted by atomic mass is 31.2. The minimum atomic E-state index is -3.87. The van der Waals surface area contributed by atoms with Crippen LogP contribution in [0.1, 0.15) is 68.2 Å². The molecule has 1 heterocycles. The molecule has 0 unspecified atom stereocenters. The van der Waals surface area contributed by atoms with Crippen LogP contribution in [0.25, 0.3) is 0 Å². The molecular weight excluding hydrogens is 364 g/mol. The number of hydrogen-bond donors (Lipinski definition) is 1. The summed E-state index contributed by atoms with van der Waals surface area (Å²) in [5, 5.41) is 1.65. The van der Waals surface area contributed by atoms with E-state index in [2.05, 4.69) is 5.32 Å². The lowest BCUT2D eigenvalue weighted by Crippen LogP contribution is -2.43. The predicted molar refractivity (Wildman–Crippen MR) is 100 cm³/mol. The van der Waals surface area contributed by atoms with Crippen molar-refractivity contribution in [3.63, 3.8) is 0 Å². The molecule has 1 N–H and O–H groups in total. The largest absolute Gasteiger partial charge is 0.363 e.